The molecule has 0 radical (unpaired) electrons. The predicted molar refractivity (Wildman–Crippen MR) is 65.4 cm³/mol. The summed E-state index contributed by atoms with van der Waals surface area (Å²) >= 11 is 0. The number of aromatic nitrogens is 2. The van der Waals surface area contributed by atoms with E-state index in [1.165, 1.54) is 20.5 Å². The van der Waals surface area contributed by atoms with Gasteiger partial charge in [0.25, 0.3) is 5.56 Å². The standard InChI is InChI=1S/C11H15N3O5/c1-17-8-9(12-6-13-10(8)15)14-3-4-19-7(5-14)11(16)18-2/h6-7H,3-5H2,1-2H3,(H,12,13,15). The van der Waals surface area contributed by atoms with E-state index >= 15 is 0 Å². The minimum absolute atomic E-state index is 0.119. The lowest BCUT2D eigenvalue weighted by atomic mass is 10.2. The Bertz CT molecular complexity index is 515. The molecule has 2 heterocycles. The summed E-state index contributed by atoms with van der Waals surface area (Å²) in [6.45, 7) is 1.12. The number of hydrogen-bond acceptors (Lipinski definition) is 7. The van der Waals surface area contributed by atoms with Crippen LogP contribution in [-0.2, 0) is 14.3 Å². The first kappa shape index (κ1) is 13.3. The Morgan fingerprint density at radius 3 is 3.05 bits per heavy atom. The topological polar surface area (TPSA) is 93.8 Å². The zero-order valence-corrected chi connectivity index (χ0v) is 10.7. The molecule has 1 saturated heterocycles. The number of ether oxygens (including phenoxy) is 3. The number of carbonyl (C=O) groups is 1. The van der Waals surface area contributed by atoms with Crippen LogP contribution < -0.4 is 15.2 Å². The summed E-state index contributed by atoms with van der Waals surface area (Å²) in [4.78, 5) is 31.4. The Kier molecular flexibility index (Phi) is 4.00. The summed E-state index contributed by atoms with van der Waals surface area (Å²) in [5.41, 5.74) is -0.367. The van der Waals surface area contributed by atoms with Crippen LogP contribution in [0.2, 0.25) is 0 Å². The lowest BCUT2D eigenvalue weighted by Crippen LogP contribution is -2.47. The molecule has 1 aliphatic heterocycles. The van der Waals surface area contributed by atoms with Crippen molar-refractivity contribution < 1.29 is 19.0 Å². The number of H-pyrrole nitrogens is 1. The van der Waals surface area contributed by atoms with Crippen LogP contribution in [0.4, 0.5) is 5.82 Å². The fourth-order valence-corrected chi connectivity index (χ4v) is 1.90. The quantitative estimate of drug-likeness (QED) is 0.715. The summed E-state index contributed by atoms with van der Waals surface area (Å²) in [5.74, 6) is 0.0602. The third-order valence-corrected chi connectivity index (χ3v) is 2.83. The molecule has 0 aliphatic carbocycles. The third-order valence-electron chi connectivity index (χ3n) is 2.83. The van der Waals surface area contributed by atoms with Crippen molar-refractivity contribution in [1.82, 2.24) is 9.97 Å². The molecule has 1 aliphatic rings. The Labute approximate surface area is 109 Å². The van der Waals surface area contributed by atoms with Gasteiger partial charge in [-0.1, -0.05) is 0 Å². The van der Waals surface area contributed by atoms with E-state index in [0.29, 0.717) is 19.0 Å². The van der Waals surface area contributed by atoms with Crippen molar-refractivity contribution in [3.8, 4) is 5.75 Å². The molecule has 19 heavy (non-hydrogen) atoms. The second kappa shape index (κ2) is 5.70. The molecule has 0 aromatic carbocycles. The van der Waals surface area contributed by atoms with Gasteiger partial charge in [-0.05, 0) is 0 Å². The Balaban J connectivity index is 2.24. The minimum atomic E-state index is -0.690. The maximum atomic E-state index is 11.6. The summed E-state index contributed by atoms with van der Waals surface area (Å²) in [7, 11) is 2.70. The second-order valence-electron chi connectivity index (χ2n) is 3.92. The number of nitrogens with one attached hydrogen (secondary N) is 1. The molecule has 0 bridgehead atoms. The van der Waals surface area contributed by atoms with Crippen molar-refractivity contribution >= 4 is 11.8 Å². The van der Waals surface area contributed by atoms with Crippen LogP contribution in [0.15, 0.2) is 11.1 Å². The SMILES string of the molecule is COC(=O)C1CN(c2nc[nH]c(=O)c2OC)CCO1. The van der Waals surface area contributed by atoms with Crippen LogP contribution in [0.25, 0.3) is 0 Å². The van der Waals surface area contributed by atoms with Crippen molar-refractivity contribution in [2.45, 2.75) is 6.10 Å². The van der Waals surface area contributed by atoms with Gasteiger partial charge in [0.2, 0.25) is 5.75 Å². The van der Waals surface area contributed by atoms with Gasteiger partial charge < -0.3 is 24.1 Å². The number of methoxy groups -OCH3 is 2. The van der Waals surface area contributed by atoms with E-state index in [0.717, 1.165) is 0 Å². The molecule has 1 aromatic heterocycles. The van der Waals surface area contributed by atoms with Gasteiger partial charge >= 0.3 is 5.97 Å². The maximum absolute atomic E-state index is 11.6. The normalized spacial score (nSPS) is 19.1. The van der Waals surface area contributed by atoms with Gasteiger partial charge in [-0.3, -0.25) is 4.79 Å². The monoisotopic (exact) mass is 269 g/mol. The van der Waals surface area contributed by atoms with E-state index < -0.39 is 12.1 Å². The van der Waals surface area contributed by atoms with Gasteiger partial charge in [0.15, 0.2) is 11.9 Å². The Hall–Kier alpha value is -2.09. The first-order chi connectivity index (χ1) is 9.17. The zero-order valence-electron chi connectivity index (χ0n) is 10.7. The number of rotatable bonds is 3. The van der Waals surface area contributed by atoms with Crippen molar-refractivity contribution in [1.29, 1.82) is 0 Å². The molecule has 2 rings (SSSR count). The highest BCUT2D eigenvalue weighted by Crippen LogP contribution is 2.22. The van der Waals surface area contributed by atoms with Crippen LogP contribution in [0.1, 0.15) is 0 Å². The summed E-state index contributed by atoms with van der Waals surface area (Å²) in [5, 5.41) is 0. The van der Waals surface area contributed by atoms with E-state index in [1.54, 1.807) is 4.90 Å². The van der Waals surface area contributed by atoms with Gasteiger partial charge in [0.05, 0.1) is 33.7 Å². The predicted octanol–water partition coefficient (Wildman–Crippen LogP) is -0.843. The highest BCUT2D eigenvalue weighted by atomic mass is 16.6. The fraction of sp³-hybridized carbons (Fsp3) is 0.545. The molecule has 104 valence electrons. The second-order valence-corrected chi connectivity index (χ2v) is 3.92. The van der Waals surface area contributed by atoms with Gasteiger partial charge in [0, 0.05) is 6.54 Å². The molecular weight excluding hydrogens is 254 g/mol. The molecule has 8 heteroatoms. The smallest absolute Gasteiger partial charge is 0.336 e. The summed E-state index contributed by atoms with van der Waals surface area (Å²) < 4.78 is 15.0. The number of nitrogens with zero attached hydrogens (tertiary/aromatic N) is 2. The highest BCUT2D eigenvalue weighted by molar-refractivity contribution is 5.75. The zero-order chi connectivity index (χ0) is 13.8. The third kappa shape index (κ3) is 2.68. The van der Waals surface area contributed by atoms with Crippen LogP contribution in [0.5, 0.6) is 5.75 Å². The van der Waals surface area contributed by atoms with Crippen molar-refractivity contribution in [2.75, 3.05) is 38.8 Å². The average molecular weight is 269 g/mol. The largest absolute Gasteiger partial charge is 0.489 e. The number of aromatic amines is 1. The van der Waals surface area contributed by atoms with Gasteiger partial charge in [-0.15, -0.1) is 0 Å². The van der Waals surface area contributed by atoms with E-state index in [-0.39, 0.29) is 17.9 Å². The summed E-state index contributed by atoms with van der Waals surface area (Å²) in [6.07, 6.45) is 0.604. The van der Waals surface area contributed by atoms with E-state index in [1.807, 2.05) is 0 Å². The number of esters is 1. The summed E-state index contributed by atoms with van der Waals surface area (Å²) in [6, 6.07) is 0. The van der Waals surface area contributed by atoms with E-state index in [9.17, 15) is 9.59 Å². The molecule has 1 unspecified atom stereocenters. The van der Waals surface area contributed by atoms with Gasteiger partial charge in [-0.2, -0.15) is 0 Å². The van der Waals surface area contributed by atoms with Crippen LogP contribution in [0.3, 0.4) is 0 Å². The number of morpholine rings is 1. The number of carbonyl (C=O) groups excluding carboxylic acids is 1. The highest BCUT2D eigenvalue weighted by Gasteiger charge is 2.30. The van der Waals surface area contributed by atoms with Crippen molar-refractivity contribution in [3.05, 3.63) is 16.7 Å². The molecule has 1 aromatic rings. The van der Waals surface area contributed by atoms with E-state index in [2.05, 4.69) is 14.7 Å². The van der Waals surface area contributed by atoms with Crippen molar-refractivity contribution in [3.63, 3.8) is 0 Å². The maximum Gasteiger partial charge on any atom is 0.336 e. The van der Waals surface area contributed by atoms with Crippen LogP contribution in [-0.4, -0.2) is 56.0 Å². The fourth-order valence-electron chi connectivity index (χ4n) is 1.90. The minimum Gasteiger partial charge on any atom is -0.489 e. The Morgan fingerprint density at radius 1 is 1.58 bits per heavy atom. The molecule has 0 amide bonds. The van der Waals surface area contributed by atoms with E-state index in [4.69, 9.17) is 9.47 Å². The molecule has 0 spiro atoms. The first-order valence-corrected chi connectivity index (χ1v) is 5.73. The molecule has 1 atom stereocenters. The lowest BCUT2D eigenvalue weighted by molar-refractivity contribution is -0.154. The van der Waals surface area contributed by atoms with Gasteiger partial charge in [-0.25, -0.2) is 9.78 Å². The molecule has 8 nitrogen and oxygen atoms in total. The number of anilines is 1. The van der Waals surface area contributed by atoms with Crippen LogP contribution in [0, 0.1) is 0 Å². The molecule has 1 fully saturated rings. The first-order valence-electron chi connectivity index (χ1n) is 5.73. The van der Waals surface area contributed by atoms with Crippen molar-refractivity contribution in [2.24, 2.45) is 0 Å². The lowest BCUT2D eigenvalue weighted by Gasteiger charge is -2.32. The Morgan fingerprint density at radius 2 is 2.37 bits per heavy atom. The van der Waals surface area contributed by atoms with Gasteiger partial charge in [0.1, 0.15) is 0 Å². The average Bonchev–Trinajstić information content (AvgIpc) is 2.46. The van der Waals surface area contributed by atoms with Crippen LogP contribution >= 0.6 is 0 Å². The molecule has 0 saturated carbocycles. The molecular formula is C11H15N3O5. The number of hydrogen-bond donors (Lipinski definition) is 1. The molecule has 1 N–H and O–H groups in total.